The normalized spacial score (nSPS) is 11.6. The molecular formula is C23H27F3N2O4. The van der Waals surface area contributed by atoms with Crippen LogP contribution in [0.1, 0.15) is 38.8 Å². The highest BCUT2D eigenvalue weighted by atomic mass is 19.4. The van der Waals surface area contributed by atoms with Crippen LogP contribution in [0.25, 0.3) is 0 Å². The number of carbonyl (C=O) groups excluding carboxylic acids is 2. The van der Waals surface area contributed by atoms with Gasteiger partial charge in [-0.05, 0) is 51.5 Å². The number of alkyl halides is 3. The summed E-state index contributed by atoms with van der Waals surface area (Å²) in [4.78, 5) is 26.2. The van der Waals surface area contributed by atoms with E-state index in [0.717, 1.165) is 12.1 Å². The average Bonchev–Trinajstić information content (AvgIpc) is 2.69. The number of nitrogens with zero attached hydrogens (tertiary/aromatic N) is 1. The molecule has 0 saturated heterocycles. The second kappa shape index (κ2) is 10.4. The highest BCUT2D eigenvalue weighted by Gasteiger charge is 2.34. The van der Waals surface area contributed by atoms with Crippen molar-refractivity contribution >= 4 is 17.7 Å². The van der Waals surface area contributed by atoms with E-state index in [0.29, 0.717) is 17.8 Å². The zero-order valence-electron chi connectivity index (χ0n) is 18.5. The Morgan fingerprint density at radius 3 is 2.25 bits per heavy atom. The molecule has 9 heteroatoms. The lowest BCUT2D eigenvalue weighted by Crippen LogP contribution is -2.36. The van der Waals surface area contributed by atoms with Crippen LogP contribution in [0.15, 0.2) is 48.5 Å². The van der Waals surface area contributed by atoms with Crippen LogP contribution in [0.5, 0.6) is 5.75 Å². The molecule has 0 unspecified atom stereocenters. The molecule has 0 spiro atoms. The third kappa shape index (κ3) is 7.47. The minimum absolute atomic E-state index is 0.180. The fourth-order valence-corrected chi connectivity index (χ4v) is 2.77. The summed E-state index contributed by atoms with van der Waals surface area (Å²) in [7, 11) is 0. The third-order valence-corrected chi connectivity index (χ3v) is 4.24. The SMILES string of the molecule is CCN(Cc1ccccc1NC(=O)COc1ccccc1C(F)(F)F)C(=O)OC(C)(C)C. The summed E-state index contributed by atoms with van der Waals surface area (Å²) in [5, 5.41) is 2.63. The molecule has 6 nitrogen and oxygen atoms in total. The van der Waals surface area contributed by atoms with Crippen molar-refractivity contribution in [2.45, 2.75) is 46.0 Å². The van der Waals surface area contributed by atoms with Crippen LogP contribution in [0, 0.1) is 0 Å². The largest absolute Gasteiger partial charge is 0.483 e. The van der Waals surface area contributed by atoms with Crippen molar-refractivity contribution in [2.24, 2.45) is 0 Å². The Balaban J connectivity index is 2.07. The predicted molar refractivity (Wildman–Crippen MR) is 114 cm³/mol. The Hall–Kier alpha value is -3.23. The van der Waals surface area contributed by atoms with Crippen LogP contribution in [0.2, 0.25) is 0 Å². The van der Waals surface area contributed by atoms with Gasteiger partial charge in [-0.1, -0.05) is 30.3 Å². The van der Waals surface area contributed by atoms with Gasteiger partial charge in [0.25, 0.3) is 5.91 Å². The molecule has 2 amide bonds. The summed E-state index contributed by atoms with van der Waals surface area (Å²) < 4.78 is 49.7. The highest BCUT2D eigenvalue weighted by molar-refractivity contribution is 5.92. The van der Waals surface area contributed by atoms with Crippen molar-refractivity contribution < 1.29 is 32.2 Å². The van der Waals surface area contributed by atoms with Crippen molar-refractivity contribution in [1.29, 1.82) is 0 Å². The molecule has 0 fully saturated rings. The number of para-hydroxylation sites is 2. The molecule has 0 atom stereocenters. The van der Waals surface area contributed by atoms with E-state index >= 15 is 0 Å². The maximum absolute atomic E-state index is 13.1. The summed E-state index contributed by atoms with van der Waals surface area (Å²) in [6.07, 6.45) is -5.08. The van der Waals surface area contributed by atoms with E-state index in [9.17, 15) is 22.8 Å². The predicted octanol–water partition coefficient (Wildman–Crippen LogP) is 5.48. The van der Waals surface area contributed by atoms with Gasteiger partial charge >= 0.3 is 12.3 Å². The summed E-state index contributed by atoms with van der Waals surface area (Å²) in [6.45, 7) is 7.06. The third-order valence-electron chi connectivity index (χ3n) is 4.24. The van der Waals surface area contributed by atoms with E-state index in [4.69, 9.17) is 9.47 Å². The zero-order chi connectivity index (χ0) is 23.9. The number of benzene rings is 2. The zero-order valence-corrected chi connectivity index (χ0v) is 18.5. The Morgan fingerprint density at radius 1 is 1.00 bits per heavy atom. The van der Waals surface area contributed by atoms with E-state index in [1.54, 1.807) is 52.0 Å². The minimum Gasteiger partial charge on any atom is -0.483 e. The molecule has 0 aliphatic rings. The molecular weight excluding hydrogens is 425 g/mol. The Kier molecular flexibility index (Phi) is 8.13. The fourth-order valence-electron chi connectivity index (χ4n) is 2.77. The number of amides is 2. The standard InChI is InChI=1S/C23H27F3N2O4/c1-5-28(21(30)32-22(2,3)4)14-16-10-6-8-12-18(16)27-20(29)15-31-19-13-9-7-11-17(19)23(24,25)26/h6-13H,5,14-15H2,1-4H3,(H,27,29). The number of carbonyl (C=O) groups is 2. The summed E-state index contributed by atoms with van der Waals surface area (Å²) in [5.41, 5.74) is -0.539. The monoisotopic (exact) mass is 452 g/mol. The minimum atomic E-state index is -4.59. The molecule has 32 heavy (non-hydrogen) atoms. The number of ether oxygens (including phenoxy) is 2. The van der Waals surface area contributed by atoms with Crippen molar-refractivity contribution in [3.8, 4) is 5.75 Å². The molecule has 0 aliphatic heterocycles. The van der Waals surface area contributed by atoms with Crippen LogP contribution in [-0.2, 0) is 22.3 Å². The number of rotatable bonds is 7. The summed E-state index contributed by atoms with van der Waals surface area (Å²) >= 11 is 0. The van der Waals surface area contributed by atoms with E-state index in [1.807, 2.05) is 0 Å². The lowest BCUT2D eigenvalue weighted by molar-refractivity contribution is -0.139. The Bertz CT molecular complexity index is 939. The first-order valence-electron chi connectivity index (χ1n) is 10.1. The number of hydrogen-bond donors (Lipinski definition) is 1. The van der Waals surface area contributed by atoms with E-state index in [1.165, 1.54) is 17.0 Å². The van der Waals surface area contributed by atoms with E-state index < -0.39 is 41.7 Å². The van der Waals surface area contributed by atoms with E-state index in [2.05, 4.69) is 5.32 Å². The van der Waals surface area contributed by atoms with Gasteiger partial charge in [0, 0.05) is 12.2 Å². The maximum atomic E-state index is 13.1. The second-order valence-electron chi connectivity index (χ2n) is 7.98. The van der Waals surface area contributed by atoms with Gasteiger partial charge in [-0.2, -0.15) is 13.2 Å². The summed E-state index contributed by atoms with van der Waals surface area (Å²) in [5.74, 6) is -1.06. The van der Waals surface area contributed by atoms with Crippen molar-refractivity contribution in [1.82, 2.24) is 4.90 Å². The van der Waals surface area contributed by atoms with Gasteiger partial charge in [0.1, 0.15) is 11.4 Å². The topological polar surface area (TPSA) is 67.9 Å². The van der Waals surface area contributed by atoms with Crippen molar-refractivity contribution in [3.05, 3.63) is 59.7 Å². The number of hydrogen-bond acceptors (Lipinski definition) is 4. The summed E-state index contributed by atoms with van der Waals surface area (Å²) in [6, 6.07) is 11.5. The molecule has 0 aromatic heterocycles. The molecule has 1 N–H and O–H groups in total. The van der Waals surface area contributed by atoms with Gasteiger partial charge in [-0.15, -0.1) is 0 Å². The number of halogens is 3. The average molecular weight is 452 g/mol. The molecule has 0 radical (unpaired) electrons. The quantitative estimate of drug-likeness (QED) is 0.604. The van der Waals surface area contributed by atoms with Gasteiger partial charge in [0.15, 0.2) is 6.61 Å². The highest BCUT2D eigenvalue weighted by Crippen LogP contribution is 2.35. The van der Waals surface area contributed by atoms with Gasteiger partial charge in [-0.25, -0.2) is 4.79 Å². The van der Waals surface area contributed by atoms with E-state index in [-0.39, 0.29) is 6.54 Å². The molecule has 0 heterocycles. The van der Waals surface area contributed by atoms with Crippen molar-refractivity contribution in [2.75, 3.05) is 18.5 Å². The fraction of sp³-hybridized carbons (Fsp3) is 0.391. The molecule has 174 valence electrons. The van der Waals surface area contributed by atoms with Crippen LogP contribution in [-0.4, -0.2) is 35.7 Å². The molecule has 0 bridgehead atoms. The first-order valence-corrected chi connectivity index (χ1v) is 10.1. The van der Waals surface area contributed by atoms with Crippen LogP contribution in [0.4, 0.5) is 23.7 Å². The van der Waals surface area contributed by atoms with Gasteiger partial charge in [-0.3, -0.25) is 4.79 Å². The Labute approximate surface area is 185 Å². The van der Waals surface area contributed by atoms with Crippen molar-refractivity contribution in [3.63, 3.8) is 0 Å². The van der Waals surface area contributed by atoms with Crippen LogP contribution < -0.4 is 10.1 Å². The Morgan fingerprint density at radius 2 is 1.62 bits per heavy atom. The first-order chi connectivity index (χ1) is 14.9. The molecule has 2 rings (SSSR count). The molecule has 2 aromatic rings. The van der Waals surface area contributed by atoms with Crippen LogP contribution in [0.3, 0.4) is 0 Å². The number of nitrogens with one attached hydrogen (secondary N) is 1. The van der Waals surface area contributed by atoms with Gasteiger partial charge in [0.05, 0.1) is 12.1 Å². The first kappa shape index (κ1) is 25.0. The number of anilines is 1. The van der Waals surface area contributed by atoms with Gasteiger partial charge in [0.2, 0.25) is 0 Å². The van der Waals surface area contributed by atoms with Gasteiger partial charge < -0.3 is 19.7 Å². The molecule has 2 aromatic carbocycles. The van der Waals surface area contributed by atoms with Crippen LogP contribution >= 0.6 is 0 Å². The molecule has 0 aliphatic carbocycles. The lowest BCUT2D eigenvalue weighted by atomic mass is 10.1. The lowest BCUT2D eigenvalue weighted by Gasteiger charge is -2.27. The molecule has 0 saturated carbocycles. The smallest absolute Gasteiger partial charge is 0.419 e. The maximum Gasteiger partial charge on any atom is 0.419 e. The second-order valence-corrected chi connectivity index (χ2v) is 7.98.